The number of anilines is 1. The molecule has 18 heavy (non-hydrogen) atoms. The average Bonchev–Trinajstić information content (AvgIpc) is 2.70. The predicted octanol–water partition coefficient (Wildman–Crippen LogP) is 2.60. The fourth-order valence-electron chi connectivity index (χ4n) is 1.56. The monoisotopic (exact) mass is 257 g/mol. The molecule has 1 aromatic carbocycles. The highest BCUT2D eigenvalue weighted by molar-refractivity contribution is 5.91. The van der Waals surface area contributed by atoms with Gasteiger partial charge in [0.1, 0.15) is 11.3 Å². The quantitative estimate of drug-likeness (QED) is 0.788. The first-order valence-electron chi connectivity index (χ1n) is 4.87. The number of alkyl halides is 2. The maximum absolute atomic E-state index is 12.5. The summed E-state index contributed by atoms with van der Waals surface area (Å²) >= 11 is 0. The Morgan fingerprint density at radius 3 is 2.83 bits per heavy atom. The number of imidazole rings is 1. The molecule has 2 rings (SSSR count). The molecule has 96 valence electrons. The molecule has 8 heteroatoms. The number of nitrogens with zero attached hydrogens (tertiary/aromatic N) is 1. The van der Waals surface area contributed by atoms with Gasteiger partial charge >= 0.3 is 6.09 Å². The molecular weight excluding hydrogens is 248 g/mol. The molecule has 1 aromatic heterocycles. The molecule has 0 saturated heterocycles. The van der Waals surface area contributed by atoms with Crippen LogP contribution in [0.3, 0.4) is 0 Å². The Morgan fingerprint density at radius 1 is 1.56 bits per heavy atom. The summed E-state index contributed by atoms with van der Waals surface area (Å²) in [5.74, 6) is -0.282. The van der Waals surface area contributed by atoms with Gasteiger partial charge in [-0.15, -0.1) is 0 Å². The summed E-state index contributed by atoms with van der Waals surface area (Å²) in [5, 5.41) is 10.7. The minimum atomic E-state index is -2.74. The normalized spacial score (nSPS) is 10.9. The molecule has 0 aliphatic heterocycles. The van der Waals surface area contributed by atoms with Gasteiger partial charge in [0.25, 0.3) is 6.43 Å². The molecule has 0 aliphatic carbocycles. The lowest BCUT2D eigenvalue weighted by molar-refractivity contribution is 0.142. The first-order chi connectivity index (χ1) is 8.51. The number of aromatic nitrogens is 2. The van der Waals surface area contributed by atoms with Crippen LogP contribution in [-0.4, -0.2) is 28.3 Å². The van der Waals surface area contributed by atoms with Crippen LogP contribution in [-0.2, 0) is 0 Å². The number of halogens is 2. The van der Waals surface area contributed by atoms with E-state index in [0.717, 1.165) is 0 Å². The smallest absolute Gasteiger partial charge is 0.409 e. The number of nitrogens with one attached hydrogen (secondary N) is 2. The molecule has 0 atom stereocenters. The molecule has 0 aliphatic rings. The summed E-state index contributed by atoms with van der Waals surface area (Å²) in [6.07, 6.45) is -4.00. The van der Waals surface area contributed by atoms with Crippen LogP contribution >= 0.6 is 0 Å². The number of fused-ring (bicyclic) bond motifs is 1. The summed E-state index contributed by atoms with van der Waals surface area (Å²) in [6.45, 7) is 0. The number of carboxylic acid groups (broad SMARTS) is 1. The highest BCUT2D eigenvalue weighted by Gasteiger charge is 2.16. The van der Waals surface area contributed by atoms with Gasteiger partial charge in [0.15, 0.2) is 5.82 Å². The number of rotatable bonds is 3. The van der Waals surface area contributed by atoms with Crippen molar-refractivity contribution in [1.29, 1.82) is 0 Å². The lowest BCUT2D eigenvalue weighted by atomic mass is 10.2. The Hall–Kier alpha value is -2.38. The maximum Gasteiger partial charge on any atom is 0.409 e. The van der Waals surface area contributed by atoms with Crippen LogP contribution in [0.4, 0.5) is 19.3 Å². The molecule has 6 nitrogen and oxygen atoms in total. The molecule has 0 fully saturated rings. The van der Waals surface area contributed by atoms with Crippen molar-refractivity contribution in [2.24, 2.45) is 0 Å². The third kappa shape index (κ3) is 2.17. The van der Waals surface area contributed by atoms with Crippen molar-refractivity contribution in [3.8, 4) is 5.75 Å². The van der Waals surface area contributed by atoms with E-state index in [0.29, 0.717) is 0 Å². The van der Waals surface area contributed by atoms with E-state index in [4.69, 9.17) is 9.84 Å². The summed E-state index contributed by atoms with van der Waals surface area (Å²) < 4.78 is 30.0. The minimum absolute atomic E-state index is 0.205. The molecular formula is C10H9F2N3O3. The van der Waals surface area contributed by atoms with Crippen molar-refractivity contribution < 1.29 is 23.4 Å². The van der Waals surface area contributed by atoms with Crippen LogP contribution < -0.4 is 10.1 Å². The SMILES string of the molecule is COc1cc(NC(=O)O)cc2[nH]c(C(F)F)nc12. The number of ether oxygens (including phenoxy) is 1. The van der Waals surface area contributed by atoms with Gasteiger partial charge in [0.05, 0.1) is 12.6 Å². The number of aromatic amines is 1. The zero-order chi connectivity index (χ0) is 13.3. The van der Waals surface area contributed by atoms with Crippen molar-refractivity contribution in [3.05, 3.63) is 18.0 Å². The Labute approximate surface area is 99.6 Å². The van der Waals surface area contributed by atoms with Gasteiger partial charge in [0.2, 0.25) is 0 Å². The second kappa shape index (κ2) is 4.47. The summed E-state index contributed by atoms with van der Waals surface area (Å²) in [5.41, 5.74) is 0.702. The zero-order valence-corrected chi connectivity index (χ0v) is 9.20. The van der Waals surface area contributed by atoms with E-state index in [1.54, 1.807) is 0 Å². The Bertz CT molecular complexity index is 597. The second-order valence-corrected chi connectivity index (χ2v) is 3.43. The fraction of sp³-hybridized carbons (Fsp3) is 0.200. The Kier molecular flexibility index (Phi) is 3.00. The van der Waals surface area contributed by atoms with Crippen LogP contribution in [0.15, 0.2) is 12.1 Å². The number of methoxy groups -OCH3 is 1. The number of H-pyrrole nitrogens is 1. The first kappa shape index (κ1) is 12.1. The number of benzene rings is 1. The van der Waals surface area contributed by atoms with Crippen LogP contribution in [0.25, 0.3) is 11.0 Å². The Morgan fingerprint density at radius 2 is 2.28 bits per heavy atom. The van der Waals surface area contributed by atoms with Gasteiger partial charge < -0.3 is 14.8 Å². The molecule has 0 saturated carbocycles. The van der Waals surface area contributed by atoms with Crippen LogP contribution in [0, 0.1) is 0 Å². The zero-order valence-electron chi connectivity index (χ0n) is 9.20. The maximum atomic E-state index is 12.5. The van der Waals surface area contributed by atoms with Gasteiger partial charge in [-0.1, -0.05) is 0 Å². The summed E-state index contributed by atoms with van der Waals surface area (Å²) in [6, 6.07) is 2.73. The van der Waals surface area contributed by atoms with Gasteiger partial charge in [-0.3, -0.25) is 5.32 Å². The highest BCUT2D eigenvalue weighted by atomic mass is 19.3. The van der Waals surface area contributed by atoms with E-state index < -0.39 is 18.3 Å². The van der Waals surface area contributed by atoms with Gasteiger partial charge in [-0.2, -0.15) is 0 Å². The van der Waals surface area contributed by atoms with Crippen LogP contribution in [0.5, 0.6) is 5.75 Å². The van der Waals surface area contributed by atoms with Crippen molar-refractivity contribution in [2.45, 2.75) is 6.43 Å². The van der Waals surface area contributed by atoms with Gasteiger partial charge in [0, 0.05) is 11.8 Å². The van der Waals surface area contributed by atoms with E-state index in [1.165, 1.54) is 19.2 Å². The average molecular weight is 257 g/mol. The topological polar surface area (TPSA) is 87.2 Å². The molecule has 1 heterocycles. The molecule has 0 spiro atoms. The van der Waals surface area contributed by atoms with Crippen molar-refractivity contribution in [3.63, 3.8) is 0 Å². The second-order valence-electron chi connectivity index (χ2n) is 3.43. The largest absolute Gasteiger partial charge is 0.494 e. The predicted molar refractivity (Wildman–Crippen MR) is 59.3 cm³/mol. The van der Waals surface area contributed by atoms with E-state index in [1.807, 2.05) is 0 Å². The molecule has 3 N–H and O–H groups in total. The lowest BCUT2D eigenvalue weighted by Crippen LogP contribution is -2.07. The third-order valence-electron chi connectivity index (χ3n) is 2.25. The number of amides is 1. The molecule has 0 unspecified atom stereocenters. The van der Waals surface area contributed by atoms with Gasteiger partial charge in [-0.05, 0) is 6.07 Å². The molecule has 1 amide bonds. The third-order valence-corrected chi connectivity index (χ3v) is 2.25. The van der Waals surface area contributed by atoms with E-state index >= 15 is 0 Å². The summed E-state index contributed by atoms with van der Waals surface area (Å²) in [4.78, 5) is 16.6. The standard InChI is InChI=1S/C10H9F2N3O3/c1-18-6-3-4(13-10(16)17)2-5-7(6)15-9(14-5)8(11)12/h2-3,8,13H,1H3,(H,14,15)(H,16,17). The fourth-order valence-corrected chi connectivity index (χ4v) is 1.56. The lowest BCUT2D eigenvalue weighted by Gasteiger charge is -2.04. The van der Waals surface area contributed by atoms with Crippen molar-refractivity contribution >= 4 is 22.8 Å². The van der Waals surface area contributed by atoms with Crippen molar-refractivity contribution in [1.82, 2.24) is 9.97 Å². The first-order valence-corrected chi connectivity index (χ1v) is 4.87. The molecule has 2 aromatic rings. The number of hydrogen-bond acceptors (Lipinski definition) is 3. The highest BCUT2D eigenvalue weighted by Crippen LogP contribution is 2.30. The number of carbonyl (C=O) groups is 1. The van der Waals surface area contributed by atoms with Crippen molar-refractivity contribution in [2.75, 3.05) is 12.4 Å². The summed E-state index contributed by atoms with van der Waals surface area (Å²) in [7, 11) is 1.34. The minimum Gasteiger partial charge on any atom is -0.494 e. The molecule has 0 bridgehead atoms. The van der Waals surface area contributed by atoms with Crippen LogP contribution in [0.1, 0.15) is 12.2 Å². The van der Waals surface area contributed by atoms with E-state index in [9.17, 15) is 13.6 Å². The van der Waals surface area contributed by atoms with E-state index in [-0.39, 0.29) is 22.5 Å². The van der Waals surface area contributed by atoms with Gasteiger partial charge in [-0.25, -0.2) is 18.6 Å². The Balaban J connectivity index is 2.56. The molecule has 0 radical (unpaired) electrons. The van der Waals surface area contributed by atoms with Crippen LogP contribution in [0.2, 0.25) is 0 Å². The van der Waals surface area contributed by atoms with E-state index in [2.05, 4.69) is 15.3 Å². The number of hydrogen-bond donors (Lipinski definition) is 3.